The number of esters is 2. The molecule has 0 aromatic heterocycles. The lowest BCUT2D eigenvalue weighted by Gasteiger charge is -2.06. The van der Waals surface area contributed by atoms with Gasteiger partial charge in [-0.05, 0) is 55.0 Å². The Bertz CT molecular complexity index is 774. The normalized spacial score (nSPS) is 10.8. The van der Waals surface area contributed by atoms with Gasteiger partial charge in [-0.1, -0.05) is 25.5 Å². The molecular weight excluding hydrogens is 304 g/mol. The molecule has 0 saturated heterocycles. The summed E-state index contributed by atoms with van der Waals surface area (Å²) in [5, 5.41) is 0. The van der Waals surface area contributed by atoms with E-state index in [2.05, 4.69) is 19.1 Å². The van der Waals surface area contributed by atoms with Crippen LogP contribution in [0.25, 0.3) is 11.1 Å². The van der Waals surface area contributed by atoms with Crippen molar-refractivity contribution in [2.75, 3.05) is 14.2 Å². The summed E-state index contributed by atoms with van der Waals surface area (Å²) in [5.74, 6) is -1.03. The lowest BCUT2D eigenvalue weighted by Crippen LogP contribution is -2.10. The fourth-order valence-corrected chi connectivity index (χ4v) is 3.48. The molecule has 0 aliphatic heterocycles. The highest BCUT2D eigenvalue weighted by Crippen LogP contribution is 2.41. The molecule has 0 amide bonds. The molecule has 24 heavy (non-hydrogen) atoms. The maximum absolute atomic E-state index is 12.4. The second-order valence-corrected chi connectivity index (χ2v) is 6.09. The number of hydrogen-bond acceptors (Lipinski definition) is 4. The third kappa shape index (κ3) is 2.88. The first-order chi connectivity index (χ1) is 11.4. The highest BCUT2D eigenvalue weighted by molar-refractivity contribution is 6.13. The first kappa shape index (κ1) is 18.0. The van der Waals surface area contributed by atoms with Crippen LogP contribution in [0.5, 0.6) is 0 Å². The molecule has 2 aliphatic rings. The Morgan fingerprint density at radius 1 is 0.875 bits per heavy atom. The largest absolute Gasteiger partial charge is 0.465 e. The van der Waals surface area contributed by atoms with Gasteiger partial charge in [0.1, 0.15) is 0 Å². The second kappa shape index (κ2) is 7.04. The van der Waals surface area contributed by atoms with Crippen molar-refractivity contribution >= 4 is 11.9 Å². The molecule has 0 spiro atoms. The zero-order chi connectivity index (χ0) is 18.0. The van der Waals surface area contributed by atoms with E-state index >= 15 is 0 Å². The van der Waals surface area contributed by atoms with Crippen molar-refractivity contribution in [3.63, 3.8) is 0 Å². The summed E-state index contributed by atoms with van der Waals surface area (Å²) in [6.07, 6.45) is 2.01. The van der Waals surface area contributed by atoms with Crippen LogP contribution in [0.4, 0.5) is 0 Å². The molecule has 0 heterocycles. The van der Waals surface area contributed by atoms with Gasteiger partial charge in [0.05, 0.1) is 25.3 Å². The zero-order valence-electron chi connectivity index (χ0n) is 15.2. The fourth-order valence-electron chi connectivity index (χ4n) is 3.48. The number of aryl methyl sites for hydroxylation is 3. The topological polar surface area (TPSA) is 52.6 Å². The molecule has 4 heteroatoms. The molecular formula is C20H24O4. The van der Waals surface area contributed by atoms with Crippen molar-refractivity contribution in [1.29, 1.82) is 0 Å². The van der Waals surface area contributed by atoms with Crippen molar-refractivity contribution in [1.82, 2.24) is 0 Å². The summed E-state index contributed by atoms with van der Waals surface area (Å²) in [6.45, 7) is 7.97. The second-order valence-electron chi connectivity index (χ2n) is 6.09. The summed E-state index contributed by atoms with van der Waals surface area (Å²) in [4.78, 5) is 24.7. The number of rotatable bonds is 4. The van der Waals surface area contributed by atoms with E-state index in [0.717, 1.165) is 40.7 Å². The first-order valence-electron chi connectivity index (χ1n) is 8.10. The van der Waals surface area contributed by atoms with E-state index in [4.69, 9.17) is 9.47 Å². The lowest BCUT2D eigenvalue weighted by atomic mass is 10.00. The summed E-state index contributed by atoms with van der Waals surface area (Å²) >= 11 is 0. The zero-order valence-corrected chi connectivity index (χ0v) is 15.2. The molecule has 0 atom stereocenters. The molecule has 2 rings (SSSR count). The standard InChI is InChI=1S/C20H24O4/c1-7-8-14-9-11(2)15-13(4)17(19(21)23-5)18(20(22)24-6)16(15)12(3)10-14/h9-10H,7-8H2,1-6H3. The quantitative estimate of drug-likeness (QED) is 0.788. The number of carbonyl (C=O) groups is 2. The Labute approximate surface area is 143 Å². The summed E-state index contributed by atoms with van der Waals surface area (Å²) < 4.78 is 9.85. The maximum atomic E-state index is 12.4. The van der Waals surface area contributed by atoms with Crippen LogP contribution in [0.2, 0.25) is 0 Å². The van der Waals surface area contributed by atoms with Gasteiger partial charge in [-0.3, -0.25) is 0 Å². The molecule has 0 aromatic carbocycles. The molecule has 4 nitrogen and oxygen atoms in total. The molecule has 0 unspecified atom stereocenters. The average molecular weight is 328 g/mol. The number of carbonyl (C=O) groups excluding carboxylic acids is 2. The third-order valence-electron chi connectivity index (χ3n) is 4.41. The van der Waals surface area contributed by atoms with E-state index in [1.54, 1.807) is 0 Å². The predicted octanol–water partition coefficient (Wildman–Crippen LogP) is 4.24. The molecule has 0 fully saturated rings. The highest BCUT2D eigenvalue weighted by atomic mass is 16.5. The van der Waals surface area contributed by atoms with E-state index in [1.165, 1.54) is 19.8 Å². The van der Waals surface area contributed by atoms with E-state index in [0.29, 0.717) is 11.1 Å². The Morgan fingerprint density at radius 3 is 1.88 bits per heavy atom. The molecule has 128 valence electrons. The molecule has 0 radical (unpaired) electrons. The number of hydrogen-bond donors (Lipinski definition) is 0. The minimum atomic E-state index is -0.515. The minimum Gasteiger partial charge on any atom is -0.465 e. The Balaban J connectivity index is 2.97. The van der Waals surface area contributed by atoms with Crippen molar-refractivity contribution < 1.29 is 19.1 Å². The summed E-state index contributed by atoms with van der Waals surface area (Å²) in [7, 11) is 2.64. The molecule has 0 N–H and O–H groups in total. The van der Waals surface area contributed by atoms with Crippen molar-refractivity contribution in [3.8, 4) is 11.1 Å². The summed E-state index contributed by atoms with van der Waals surface area (Å²) in [6, 6.07) is 4.22. The van der Waals surface area contributed by atoms with E-state index in [9.17, 15) is 9.59 Å². The van der Waals surface area contributed by atoms with Crippen LogP contribution in [0, 0.1) is 20.8 Å². The monoisotopic (exact) mass is 328 g/mol. The van der Waals surface area contributed by atoms with Crippen LogP contribution < -0.4 is 0 Å². The molecule has 0 aromatic rings. The van der Waals surface area contributed by atoms with Gasteiger partial charge in [-0.15, -0.1) is 0 Å². The maximum Gasteiger partial charge on any atom is 0.339 e. The third-order valence-corrected chi connectivity index (χ3v) is 4.41. The Hall–Kier alpha value is -2.36. The van der Waals surface area contributed by atoms with Gasteiger partial charge in [0.15, 0.2) is 0 Å². The average Bonchev–Trinajstić information content (AvgIpc) is 2.80. The number of ether oxygens (including phenoxy) is 2. The predicted molar refractivity (Wildman–Crippen MR) is 93.9 cm³/mol. The van der Waals surface area contributed by atoms with Gasteiger partial charge in [-0.25, -0.2) is 9.59 Å². The van der Waals surface area contributed by atoms with Crippen LogP contribution >= 0.6 is 0 Å². The van der Waals surface area contributed by atoms with Crippen molar-refractivity contribution in [2.24, 2.45) is 0 Å². The fraction of sp³-hybridized carbons (Fsp3) is 0.400. The molecule has 0 bridgehead atoms. The number of fused-ring (bicyclic) bond motifs is 1. The van der Waals surface area contributed by atoms with Crippen molar-refractivity contribution in [2.45, 2.75) is 40.5 Å². The van der Waals surface area contributed by atoms with Crippen LogP contribution in [0.15, 0.2) is 12.1 Å². The van der Waals surface area contributed by atoms with Crippen LogP contribution in [-0.2, 0) is 15.9 Å². The summed E-state index contributed by atoms with van der Waals surface area (Å²) in [5.41, 5.74) is 6.29. The van der Waals surface area contributed by atoms with Gasteiger partial charge >= 0.3 is 11.9 Å². The van der Waals surface area contributed by atoms with Gasteiger partial charge in [0.2, 0.25) is 0 Å². The lowest BCUT2D eigenvalue weighted by molar-refractivity contribution is 0.0556. The van der Waals surface area contributed by atoms with E-state index in [-0.39, 0.29) is 0 Å². The smallest absolute Gasteiger partial charge is 0.339 e. The highest BCUT2D eigenvalue weighted by Gasteiger charge is 2.32. The molecule has 2 aliphatic carbocycles. The van der Waals surface area contributed by atoms with E-state index in [1.807, 2.05) is 20.8 Å². The van der Waals surface area contributed by atoms with Gasteiger partial charge < -0.3 is 9.47 Å². The van der Waals surface area contributed by atoms with Gasteiger partial charge in [-0.2, -0.15) is 0 Å². The van der Waals surface area contributed by atoms with Crippen molar-refractivity contribution in [3.05, 3.63) is 45.5 Å². The van der Waals surface area contributed by atoms with E-state index < -0.39 is 11.9 Å². The first-order valence-corrected chi connectivity index (χ1v) is 8.10. The Morgan fingerprint density at radius 2 is 1.38 bits per heavy atom. The van der Waals surface area contributed by atoms with Crippen LogP contribution in [-0.4, -0.2) is 26.2 Å². The SMILES string of the molecule is CCCc1cc(C)c2c(C)c(C(=O)OC)c(C(=O)OC)c-2c(C)c1. The van der Waals surface area contributed by atoms with Gasteiger partial charge in [0, 0.05) is 5.56 Å². The number of methoxy groups -OCH3 is 2. The van der Waals surface area contributed by atoms with Gasteiger partial charge in [0.25, 0.3) is 0 Å². The Kier molecular flexibility index (Phi) is 5.27. The molecule has 0 saturated carbocycles. The minimum absolute atomic E-state index is 0.300. The van der Waals surface area contributed by atoms with Crippen LogP contribution in [0.3, 0.4) is 0 Å². The van der Waals surface area contributed by atoms with Crippen LogP contribution in [0.1, 0.15) is 56.3 Å².